The van der Waals surface area contributed by atoms with Crippen LogP contribution in [0.5, 0.6) is 5.75 Å². The highest BCUT2D eigenvalue weighted by Crippen LogP contribution is 2.25. The van der Waals surface area contributed by atoms with Crippen LogP contribution in [0.4, 0.5) is 4.39 Å². The van der Waals surface area contributed by atoms with Gasteiger partial charge in [-0.25, -0.2) is 4.39 Å². The fraction of sp³-hybridized carbons (Fsp3) is 0.379. The summed E-state index contributed by atoms with van der Waals surface area (Å²) in [6.45, 7) is 4.55. The molecule has 2 aliphatic rings. The number of methoxy groups -OCH3 is 1. The van der Waals surface area contributed by atoms with Crippen molar-refractivity contribution in [1.82, 2.24) is 14.7 Å². The Balaban J connectivity index is 1.18. The van der Waals surface area contributed by atoms with Gasteiger partial charge in [0.15, 0.2) is 11.6 Å². The first-order valence-corrected chi connectivity index (χ1v) is 12.6. The van der Waals surface area contributed by atoms with Crippen LogP contribution in [0.15, 0.2) is 60.7 Å². The third kappa shape index (κ3) is 5.07. The summed E-state index contributed by atoms with van der Waals surface area (Å²) in [5.74, 6) is -0.139. The second kappa shape index (κ2) is 10.7. The zero-order chi connectivity index (χ0) is 25.1. The Hall–Kier alpha value is -3.45. The quantitative estimate of drug-likeness (QED) is 0.540. The molecule has 0 spiro atoms. The Kier molecular flexibility index (Phi) is 7.18. The van der Waals surface area contributed by atoms with E-state index in [9.17, 15) is 14.0 Å². The molecular formula is C29H32FN3O3. The number of rotatable bonds is 5. The highest BCUT2D eigenvalue weighted by molar-refractivity contribution is 6.07. The number of ether oxygens (including phenoxy) is 1. The molecule has 0 radical (unpaired) electrons. The fourth-order valence-corrected chi connectivity index (χ4v) is 5.40. The number of piperidine rings is 1. The number of likely N-dealkylation sites (tertiary alicyclic amines) is 1. The van der Waals surface area contributed by atoms with Crippen molar-refractivity contribution in [2.75, 3.05) is 46.4 Å². The average Bonchev–Trinajstić information content (AvgIpc) is 2.92. The van der Waals surface area contributed by atoms with E-state index in [1.54, 1.807) is 6.07 Å². The first-order valence-electron chi connectivity index (χ1n) is 12.6. The zero-order valence-corrected chi connectivity index (χ0v) is 20.7. The molecule has 6 nitrogen and oxygen atoms in total. The van der Waals surface area contributed by atoms with E-state index in [2.05, 4.69) is 4.90 Å². The normalized spacial score (nSPS) is 18.9. The molecule has 7 heteroatoms. The summed E-state index contributed by atoms with van der Waals surface area (Å²) >= 11 is 0. The fourth-order valence-electron chi connectivity index (χ4n) is 5.40. The minimum atomic E-state index is -0.358. The molecule has 2 fully saturated rings. The van der Waals surface area contributed by atoms with Gasteiger partial charge in [0, 0.05) is 51.4 Å². The van der Waals surface area contributed by atoms with Crippen LogP contribution in [0.2, 0.25) is 0 Å². The molecule has 3 aromatic carbocycles. The molecule has 3 aromatic rings. The van der Waals surface area contributed by atoms with Crippen LogP contribution in [-0.2, 0) is 11.3 Å². The van der Waals surface area contributed by atoms with Gasteiger partial charge >= 0.3 is 0 Å². The molecular weight excluding hydrogens is 457 g/mol. The molecule has 1 atom stereocenters. The molecule has 36 heavy (non-hydrogen) atoms. The number of carbonyl (C=O) groups is 2. The van der Waals surface area contributed by atoms with E-state index in [-0.39, 0.29) is 29.3 Å². The number of hydrogen-bond acceptors (Lipinski definition) is 4. The van der Waals surface area contributed by atoms with Crippen LogP contribution >= 0.6 is 0 Å². The van der Waals surface area contributed by atoms with Crippen molar-refractivity contribution in [3.05, 3.63) is 77.6 Å². The number of hydrogen-bond donors (Lipinski definition) is 0. The van der Waals surface area contributed by atoms with Gasteiger partial charge in [-0.15, -0.1) is 0 Å². The average molecular weight is 490 g/mol. The number of amides is 2. The van der Waals surface area contributed by atoms with E-state index in [0.29, 0.717) is 38.3 Å². The van der Waals surface area contributed by atoms with Crippen molar-refractivity contribution in [2.24, 2.45) is 5.92 Å². The van der Waals surface area contributed by atoms with Gasteiger partial charge in [0.25, 0.3) is 5.91 Å². The number of benzene rings is 3. The number of halogens is 1. The first kappa shape index (κ1) is 24.3. The predicted octanol–water partition coefficient (Wildman–Crippen LogP) is 4.18. The monoisotopic (exact) mass is 489 g/mol. The molecule has 0 aliphatic carbocycles. The van der Waals surface area contributed by atoms with Gasteiger partial charge in [0.05, 0.1) is 13.0 Å². The molecule has 0 N–H and O–H groups in total. The van der Waals surface area contributed by atoms with Gasteiger partial charge in [-0.1, -0.05) is 42.5 Å². The van der Waals surface area contributed by atoms with Gasteiger partial charge < -0.3 is 14.5 Å². The van der Waals surface area contributed by atoms with Crippen LogP contribution in [0, 0.1) is 11.7 Å². The summed E-state index contributed by atoms with van der Waals surface area (Å²) in [5.41, 5.74) is 1.59. The Morgan fingerprint density at radius 2 is 1.72 bits per heavy atom. The van der Waals surface area contributed by atoms with Gasteiger partial charge in [0.2, 0.25) is 5.91 Å². The van der Waals surface area contributed by atoms with Gasteiger partial charge in [-0.05, 0) is 47.4 Å². The van der Waals surface area contributed by atoms with Crippen LogP contribution in [0.25, 0.3) is 10.8 Å². The molecule has 1 unspecified atom stereocenters. The molecule has 0 bridgehead atoms. The maximum Gasteiger partial charge on any atom is 0.254 e. The Labute approximate surface area is 211 Å². The van der Waals surface area contributed by atoms with Crippen LogP contribution in [0.3, 0.4) is 0 Å². The smallest absolute Gasteiger partial charge is 0.254 e. The lowest BCUT2D eigenvalue weighted by Crippen LogP contribution is -2.52. The lowest BCUT2D eigenvalue weighted by Gasteiger charge is -2.39. The number of carbonyl (C=O) groups excluding carboxylic acids is 2. The second-order valence-electron chi connectivity index (χ2n) is 9.69. The lowest BCUT2D eigenvalue weighted by atomic mass is 9.95. The zero-order valence-electron chi connectivity index (χ0n) is 20.7. The predicted molar refractivity (Wildman–Crippen MR) is 137 cm³/mol. The number of fused-ring (bicyclic) bond motifs is 1. The van der Waals surface area contributed by atoms with E-state index in [1.165, 1.54) is 13.2 Å². The molecule has 2 heterocycles. The summed E-state index contributed by atoms with van der Waals surface area (Å²) in [5, 5.41) is 1.99. The van der Waals surface area contributed by atoms with E-state index < -0.39 is 0 Å². The Bertz CT molecular complexity index is 1250. The molecule has 0 aromatic heterocycles. The molecule has 5 rings (SSSR count). The third-order valence-corrected chi connectivity index (χ3v) is 7.38. The molecule has 2 amide bonds. The summed E-state index contributed by atoms with van der Waals surface area (Å²) in [7, 11) is 1.46. The lowest BCUT2D eigenvalue weighted by molar-refractivity contribution is -0.138. The van der Waals surface area contributed by atoms with Crippen LogP contribution < -0.4 is 4.74 Å². The van der Waals surface area contributed by atoms with Crippen molar-refractivity contribution in [3.8, 4) is 5.75 Å². The standard InChI is InChI=1S/C29H32FN3O3/c1-36-27-12-11-21(18-26(27)30)19-31-14-16-32(17-15-31)28(34)23-8-5-13-33(20-23)29(35)25-10-4-7-22-6-2-3-9-24(22)25/h2-4,6-7,9-12,18,23H,5,8,13-17,19-20H2,1H3. The number of nitrogens with zero attached hydrogens (tertiary/aromatic N) is 3. The Morgan fingerprint density at radius 3 is 2.50 bits per heavy atom. The van der Waals surface area contributed by atoms with Crippen molar-refractivity contribution in [1.29, 1.82) is 0 Å². The van der Waals surface area contributed by atoms with Crippen molar-refractivity contribution >= 4 is 22.6 Å². The minimum Gasteiger partial charge on any atom is -0.494 e. The van der Waals surface area contributed by atoms with Crippen molar-refractivity contribution in [2.45, 2.75) is 19.4 Å². The maximum absolute atomic E-state index is 14.0. The molecule has 2 aliphatic heterocycles. The van der Waals surface area contributed by atoms with Gasteiger partial charge in [-0.3, -0.25) is 14.5 Å². The van der Waals surface area contributed by atoms with Crippen LogP contribution in [0.1, 0.15) is 28.8 Å². The molecule has 188 valence electrons. The summed E-state index contributed by atoms with van der Waals surface area (Å²) < 4.78 is 19.0. The SMILES string of the molecule is COc1ccc(CN2CCN(C(=O)C3CCCN(C(=O)c4cccc5ccccc45)C3)CC2)cc1F. The first-order chi connectivity index (χ1) is 17.5. The van der Waals surface area contributed by atoms with E-state index >= 15 is 0 Å². The maximum atomic E-state index is 14.0. The highest BCUT2D eigenvalue weighted by atomic mass is 19.1. The molecule has 2 saturated heterocycles. The number of piperazine rings is 1. The molecule has 0 saturated carbocycles. The van der Waals surface area contributed by atoms with Crippen molar-refractivity contribution < 1.29 is 18.7 Å². The van der Waals surface area contributed by atoms with Crippen LogP contribution in [-0.4, -0.2) is 72.9 Å². The van der Waals surface area contributed by atoms with E-state index in [1.807, 2.05) is 58.3 Å². The largest absolute Gasteiger partial charge is 0.494 e. The summed E-state index contributed by atoms with van der Waals surface area (Å²) in [4.78, 5) is 32.8. The summed E-state index contributed by atoms with van der Waals surface area (Å²) in [6.07, 6.45) is 1.64. The minimum absolute atomic E-state index is 0.000781. The third-order valence-electron chi connectivity index (χ3n) is 7.38. The van der Waals surface area contributed by atoms with Crippen molar-refractivity contribution in [3.63, 3.8) is 0 Å². The summed E-state index contributed by atoms with van der Waals surface area (Å²) in [6, 6.07) is 18.8. The van der Waals surface area contributed by atoms with Gasteiger partial charge in [-0.2, -0.15) is 0 Å². The topological polar surface area (TPSA) is 53.1 Å². The van der Waals surface area contributed by atoms with E-state index in [4.69, 9.17) is 4.74 Å². The Morgan fingerprint density at radius 1 is 0.944 bits per heavy atom. The highest BCUT2D eigenvalue weighted by Gasteiger charge is 2.33. The van der Waals surface area contributed by atoms with Gasteiger partial charge in [0.1, 0.15) is 0 Å². The van der Waals surface area contributed by atoms with E-state index in [0.717, 1.165) is 42.3 Å². The second-order valence-corrected chi connectivity index (χ2v) is 9.69.